The van der Waals surface area contributed by atoms with E-state index in [0.717, 1.165) is 42.1 Å². The molecular weight excluding hydrogens is 553 g/mol. The van der Waals surface area contributed by atoms with Crippen LogP contribution >= 0.6 is 11.6 Å². The number of aromatic nitrogens is 2. The first-order valence-electron chi connectivity index (χ1n) is 13.2. The van der Waals surface area contributed by atoms with E-state index in [1.807, 2.05) is 19.1 Å². The summed E-state index contributed by atoms with van der Waals surface area (Å²) in [4.78, 5) is 9.18. The van der Waals surface area contributed by atoms with Gasteiger partial charge in [-0.15, -0.1) is 0 Å². The Morgan fingerprint density at radius 1 is 1.12 bits per heavy atom. The number of hydrogen-bond donors (Lipinski definition) is 3. The zero-order valence-corrected chi connectivity index (χ0v) is 23.8. The normalized spacial score (nSPS) is 17.5. The average molecular weight is 584 g/mol. The minimum absolute atomic E-state index is 0.0331. The molecule has 40 heavy (non-hydrogen) atoms. The van der Waals surface area contributed by atoms with Crippen LogP contribution in [0.3, 0.4) is 0 Å². The molecule has 0 atom stereocenters. The number of nitrogens with one attached hydrogen (secondary N) is 2. The van der Waals surface area contributed by atoms with Gasteiger partial charge in [-0.25, -0.2) is 22.8 Å². The van der Waals surface area contributed by atoms with Crippen molar-refractivity contribution in [1.29, 1.82) is 0 Å². The summed E-state index contributed by atoms with van der Waals surface area (Å²) in [5.74, 6) is 0.121. The molecular formula is C29H31ClFN5O3S. The van der Waals surface area contributed by atoms with Gasteiger partial charge in [0.15, 0.2) is 0 Å². The molecule has 0 aliphatic heterocycles. The molecule has 1 aliphatic carbocycles. The molecule has 0 spiro atoms. The van der Waals surface area contributed by atoms with E-state index in [1.165, 1.54) is 31.4 Å². The number of methoxy groups -OCH3 is 1. The van der Waals surface area contributed by atoms with Crippen LogP contribution in [-0.4, -0.2) is 37.6 Å². The van der Waals surface area contributed by atoms with Gasteiger partial charge >= 0.3 is 0 Å². The Bertz CT molecular complexity index is 1660. The highest BCUT2D eigenvalue weighted by molar-refractivity contribution is 7.92. The molecule has 8 nitrogen and oxygen atoms in total. The van der Waals surface area contributed by atoms with Crippen LogP contribution in [0.25, 0.3) is 22.0 Å². The van der Waals surface area contributed by atoms with E-state index in [4.69, 9.17) is 27.1 Å². The number of rotatable bonds is 8. The highest BCUT2D eigenvalue weighted by Gasteiger charge is 2.22. The highest BCUT2D eigenvalue weighted by Crippen LogP contribution is 2.38. The molecule has 0 amide bonds. The number of hydrogen-bond acceptors (Lipinski definition) is 7. The molecule has 1 aliphatic rings. The molecule has 0 saturated heterocycles. The number of fused-ring (bicyclic) bond motifs is 1. The summed E-state index contributed by atoms with van der Waals surface area (Å²) in [5, 5.41) is 4.28. The molecule has 210 valence electrons. The number of aryl methyl sites for hydroxylation is 1. The van der Waals surface area contributed by atoms with E-state index in [0.29, 0.717) is 35.3 Å². The SMILES string of the molecule is CCc1cc(-c2cc(F)c(NS(=O)(=O)c3ccccc3Cl)cc2OC)cc2cnc(NC3CCC(N)CC3)nc12. The van der Waals surface area contributed by atoms with Gasteiger partial charge in [-0.3, -0.25) is 4.72 Å². The second-order valence-electron chi connectivity index (χ2n) is 9.94. The van der Waals surface area contributed by atoms with Crippen molar-refractivity contribution in [2.45, 2.75) is 56.0 Å². The highest BCUT2D eigenvalue weighted by atomic mass is 35.5. The van der Waals surface area contributed by atoms with Crippen molar-refractivity contribution in [3.05, 3.63) is 71.1 Å². The van der Waals surface area contributed by atoms with Crippen LogP contribution < -0.4 is 20.5 Å². The van der Waals surface area contributed by atoms with Gasteiger partial charge in [0, 0.05) is 35.3 Å². The second-order valence-corrected chi connectivity index (χ2v) is 12.0. The predicted molar refractivity (Wildman–Crippen MR) is 157 cm³/mol. The van der Waals surface area contributed by atoms with Gasteiger partial charge < -0.3 is 15.8 Å². The van der Waals surface area contributed by atoms with E-state index in [1.54, 1.807) is 18.3 Å². The summed E-state index contributed by atoms with van der Waals surface area (Å²) in [5.41, 5.74) is 8.74. The summed E-state index contributed by atoms with van der Waals surface area (Å²) >= 11 is 6.06. The van der Waals surface area contributed by atoms with Gasteiger partial charge in [0.05, 0.1) is 23.3 Å². The lowest BCUT2D eigenvalue weighted by Crippen LogP contribution is -2.33. The largest absolute Gasteiger partial charge is 0.496 e. The Kier molecular flexibility index (Phi) is 8.11. The van der Waals surface area contributed by atoms with Crippen LogP contribution in [0.4, 0.5) is 16.0 Å². The number of ether oxygens (including phenoxy) is 1. The zero-order valence-electron chi connectivity index (χ0n) is 22.2. The predicted octanol–water partition coefficient (Wildman–Crippen LogP) is 6.14. The Morgan fingerprint density at radius 3 is 2.58 bits per heavy atom. The maximum absolute atomic E-state index is 15.3. The van der Waals surface area contributed by atoms with E-state index < -0.39 is 15.8 Å². The maximum Gasteiger partial charge on any atom is 0.263 e. The Morgan fingerprint density at radius 2 is 1.88 bits per heavy atom. The van der Waals surface area contributed by atoms with Crippen LogP contribution in [0, 0.1) is 5.82 Å². The quantitative estimate of drug-likeness (QED) is 0.228. The van der Waals surface area contributed by atoms with Gasteiger partial charge in [-0.05, 0) is 73.6 Å². The third-order valence-corrected chi connectivity index (χ3v) is 9.08. The summed E-state index contributed by atoms with van der Waals surface area (Å²) in [6.07, 6.45) is 6.38. The topological polar surface area (TPSA) is 119 Å². The standard InChI is InChI=1S/C29H31ClFN5O3S/c1-3-17-12-18(13-19-16-33-29(35-28(17)19)34-21-10-8-20(32)9-11-21)22-14-24(31)25(15-26(22)39-2)36-40(37,38)27-7-5-4-6-23(27)30/h4-7,12-16,20-21,36H,3,8-11,32H2,1-2H3,(H,33,34,35). The number of sulfonamides is 1. The Labute approximate surface area is 238 Å². The van der Waals surface area contributed by atoms with Crippen molar-refractivity contribution in [2.75, 3.05) is 17.1 Å². The lowest BCUT2D eigenvalue weighted by molar-refractivity contribution is 0.410. The van der Waals surface area contributed by atoms with E-state index in [2.05, 4.69) is 15.0 Å². The summed E-state index contributed by atoms with van der Waals surface area (Å²) in [7, 11) is -2.68. The first-order valence-corrected chi connectivity index (χ1v) is 15.0. The number of halogens is 2. The third kappa shape index (κ3) is 5.84. The lowest BCUT2D eigenvalue weighted by Gasteiger charge is -2.26. The van der Waals surface area contributed by atoms with E-state index in [9.17, 15) is 8.42 Å². The first-order chi connectivity index (χ1) is 19.2. The molecule has 1 heterocycles. The average Bonchev–Trinajstić information content (AvgIpc) is 2.94. The van der Waals surface area contributed by atoms with Crippen LogP contribution in [-0.2, 0) is 16.4 Å². The molecule has 3 aromatic carbocycles. The third-order valence-electron chi connectivity index (χ3n) is 7.22. The molecule has 1 saturated carbocycles. The molecule has 1 fully saturated rings. The van der Waals surface area contributed by atoms with E-state index in [-0.39, 0.29) is 21.6 Å². The number of nitrogens with zero attached hydrogens (tertiary/aromatic N) is 2. The number of anilines is 2. The lowest BCUT2D eigenvalue weighted by atomic mass is 9.92. The molecule has 4 N–H and O–H groups in total. The molecule has 11 heteroatoms. The monoisotopic (exact) mass is 583 g/mol. The van der Waals surface area contributed by atoms with Crippen LogP contribution in [0.2, 0.25) is 5.02 Å². The molecule has 1 aromatic heterocycles. The van der Waals surface area contributed by atoms with Gasteiger partial charge in [-0.2, -0.15) is 0 Å². The van der Waals surface area contributed by atoms with Gasteiger partial charge in [-0.1, -0.05) is 30.7 Å². The minimum Gasteiger partial charge on any atom is -0.496 e. The molecule has 0 radical (unpaired) electrons. The summed E-state index contributed by atoms with van der Waals surface area (Å²) < 4.78 is 49.0. The van der Waals surface area contributed by atoms with Crippen molar-refractivity contribution >= 4 is 44.2 Å². The van der Waals surface area contributed by atoms with Gasteiger partial charge in [0.25, 0.3) is 10.0 Å². The van der Waals surface area contributed by atoms with Crippen molar-refractivity contribution in [3.8, 4) is 16.9 Å². The summed E-state index contributed by atoms with van der Waals surface area (Å²) in [6.45, 7) is 2.03. The van der Waals surface area contributed by atoms with Crippen LogP contribution in [0.1, 0.15) is 38.2 Å². The Hall–Kier alpha value is -3.47. The fraction of sp³-hybridized carbons (Fsp3) is 0.310. The molecule has 5 rings (SSSR count). The first kappa shape index (κ1) is 28.1. The van der Waals surface area contributed by atoms with Crippen molar-refractivity contribution < 1.29 is 17.5 Å². The molecule has 0 unspecified atom stereocenters. The Balaban J connectivity index is 1.48. The van der Waals surface area contributed by atoms with E-state index >= 15 is 4.39 Å². The number of benzene rings is 3. The summed E-state index contributed by atoms with van der Waals surface area (Å²) in [6, 6.07) is 12.9. The van der Waals surface area contributed by atoms with Crippen molar-refractivity contribution in [1.82, 2.24) is 9.97 Å². The number of nitrogens with two attached hydrogens (primary N) is 1. The smallest absolute Gasteiger partial charge is 0.263 e. The van der Waals surface area contributed by atoms with Crippen molar-refractivity contribution in [3.63, 3.8) is 0 Å². The van der Waals surface area contributed by atoms with Gasteiger partial charge in [0.2, 0.25) is 5.95 Å². The molecule has 4 aromatic rings. The van der Waals surface area contributed by atoms with Crippen LogP contribution in [0.5, 0.6) is 5.75 Å². The minimum atomic E-state index is -4.13. The fourth-order valence-electron chi connectivity index (χ4n) is 5.05. The second kappa shape index (κ2) is 11.6. The fourth-order valence-corrected chi connectivity index (χ4v) is 6.63. The molecule has 0 bridgehead atoms. The zero-order chi connectivity index (χ0) is 28.4. The maximum atomic E-state index is 15.3. The van der Waals surface area contributed by atoms with Crippen molar-refractivity contribution in [2.24, 2.45) is 5.73 Å². The van der Waals surface area contributed by atoms with Crippen LogP contribution in [0.15, 0.2) is 59.6 Å². The van der Waals surface area contributed by atoms with Gasteiger partial charge in [0.1, 0.15) is 16.5 Å².